The molecule has 0 bridgehead atoms. The van der Waals surface area contributed by atoms with Gasteiger partial charge in [0.15, 0.2) is 22.1 Å². The van der Waals surface area contributed by atoms with Gasteiger partial charge in [-0.2, -0.15) is 0 Å². The van der Waals surface area contributed by atoms with Gasteiger partial charge in [0.2, 0.25) is 12.3 Å². The summed E-state index contributed by atoms with van der Waals surface area (Å²) in [6.07, 6.45) is 5.30. The molecular weight excluding hydrogens is 450 g/mol. The number of benzene rings is 1. The maximum Gasteiger partial charge on any atom is 0.221 e. The molecule has 168 valence electrons. The zero-order valence-corrected chi connectivity index (χ0v) is 19.2. The summed E-state index contributed by atoms with van der Waals surface area (Å²) in [5.41, 5.74) is 7.95. The van der Waals surface area contributed by atoms with E-state index in [1.54, 1.807) is 12.1 Å². The Balaban J connectivity index is 1.58. The first-order chi connectivity index (χ1) is 15.4. The zero-order chi connectivity index (χ0) is 22.7. The van der Waals surface area contributed by atoms with Crippen molar-refractivity contribution in [3.8, 4) is 0 Å². The van der Waals surface area contributed by atoms with Crippen LogP contribution in [0.1, 0.15) is 26.2 Å². The number of nitrogens with one attached hydrogen (secondary N) is 1. The Morgan fingerprint density at radius 3 is 2.81 bits per heavy atom. The number of nitrogen functional groups attached to an aromatic ring is 1. The second kappa shape index (κ2) is 9.74. The van der Waals surface area contributed by atoms with Crippen molar-refractivity contribution in [1.29, 1.82) is 0 Å². The summed E-state index contributed by atoms with van der Waals surface area (Å²) in [4.78, 5) is 38.1. The molecule has 32 heavy (non-hydrogen) atoms. The molecule has 3 N–H and O–H groups in total. The van der Waals surface area contributed by atoms with Crippen LogP contribution in [0.15, 0.2) is 34.6 Å². The van der Waals surface area contributed by atoms with Gasteiger partial charge in [-0.1, -0.05) is 23.4 Å². The molecule has 3 aromatic rings. The van der Waals surface area contributed by atoms with Gasteiger partial charge < -0.3 is 20.5 Å². The zero-order valence-electron chi connectivity index (χ0n) is 17.6. The second-order valence-corrected chi connectivity index (χ2v) is 9.20. The summed E-state index contributed by atoms with van der Waals surface area (Å²) in [7, 11) is 0. The van der Waals surface area contributed by atoms with Crippen molar-refractivity contribution in [2.75, 3.05) is 24.1 Å². The average molecular weight is 474 g/mol. The lowest BCUT2D eigenvalue weighted by atomic mass is 9.94. The number of halogens is 1. The Morgan fingerprint density at radius 1 is 1.34 bits per heavy atom. The van der Waals surface area contributed by atoms with Gasteiger partial charge in [-0.25, -0.2) is 15.0 Å². The monoisotopic (exact) mass is 473 g/mol. The maximum absolute atomic E-state index is 11.3. The van der Waals surface area contributed by atoms with Crippen LogP contribution in [0.5, 0.6) is 0 Å². The summed E-state index contributed by atoms with van der Waals surface area (Å²) in [6.45, 7) is 3.77. The van der Waals surface area contributed by atoms with Crippen molar-refractivity contribution >= 4 is 58.3 Å². The normalized spacial score (nSPS) is 14.6. The average Bonchev–Trinajstić information content (AvgIpc) is 3.12. The summed E-state index contributed by atoms with van der Waals surface area (Å²) < 4.78 is 2.06. The van der Waals surface area contributed by atoms with Gasteiger partial charge in [0, 0.05) is 37.1 Å². The highest BCUT2D eigenvalue weighted by atomic mass is 35.5. The number of aryl methyl sites for hydroxylation is 1. The number of carbonyl (C=O) groups excluding carboxylic acids is 2. The number of hydrogen-bond acceptors (Lipinski definition) is 7. The standard InChI is InChI=1S/C21H24ClN7O2S/c1-13(31)26-15-2-3-17(16(22)10-15)32-21-27-18-19(23)24-11-25-20(18)29(21)9-6-14-4-7-28(12-30)8-5-14/h2-3,10-12,14H,4-9H2,1H3,(H,26,31)(H2,23,24,25). The van der Waals surface area contributed by atoms with Crippen molar-refractivity contribution < 1.29 is 9.59 Å². The van der Waals surface area contributed by atoms with Crippen molar-refractivity contribution in [3.63, 3.8) is 0 Å². The molecule has 0 saturated carbocycles. The second-order valence-electron chi connectivity index (χ2n) is 7.78. The first-order valence-corrected chi connectivity index (χ1v) is 11.5. The molecule has 2 amide bonds. The van der Waals surface area contributed by atoms with Crippen LogP contribution in [0.2, 0.25) is 5.02 Å². The van der Waals surface area contributed by atoms with Gasteiger partial charge in [-0.15, -0.1) is 0 Å². The maximum atomic E-state index is 11.3. The van der Waals surface area contributed by atoms with E-state index in [4.69, 9.17) is 22.3 Å². The minimum atomic E-state index is -0.156. The summed E-state index contributed by atoms with van der Waals surface area (Å²) >= 11 is 7.90. The number of piperidine rings is 1. The van der Waals surface area contributed by atoms with Gasteiger partial charge in [0.05, 0.1) is 5.02 Å². The highest BCUT2D eigenvalue weighted by molar-refractivity contribution is 7.99. The summed E-state index contributed by atoms with van der Waals surface area (Å²) in [5, 5.41) is 3.97. The molecule has 1 saturated heterocycles. The van der Waals surface area contributed by atoms with Gasteiger partial charge >= 0.3 is 0 Å². The number of hydrogen-bond donors (Lipinski definition) is 2. The van der Waals surface area contributed by atoms with Crippen molar-refractivity contribution in [2.45, 2.75) is 42.8 Å². The Hall–Kier alpha value is -2.85. The van der Waals surface area contributed by atoms with E-state index < -0.39 is 0 Å². The lowest BCUT2D eigenvalue weighted by Crippen LogP contribution is -2.32. The topological polar surface area (TPSA) is 119 Å². The van der Waals surface area contributed by atoms with Gasteiger partial charge in [0.1, 0.15) is 6.33 Å². The first-order valence-electron chi connectivity index (χ1n) is 10.4. The summed E-state index contributed by atoms with van der Waals surface area (Å²) in [5.74, 6) is 0.708. The highest BCUT2D eigenvalue weighted by Crippen LogP contribution is 2.36. The van der Waals surface area contributed by atoms with E-state index in [0.717, 1.165) is 55.4 Å². The lowest BCUT2D eigenvalue weighted by Gasteiger charge is -2.29. The number of carbonyl (C=O) groups is 2. The van der Waals surface area contributed by atoms with Gasteiger partial charge in [-0.3, -0.25) is 9.59 Å². The number of anilines is 2. The molecule has 0 radical (unpaired) electrons. The molecule has 4 rings (SSSR count). The molecule has 11 heteroatoms. The van der Waals surface area contributed by atoms with Crippen LogP contribution in [0, 0.1) is 5.92 Å². The molecule has 1 aliphatic rings. The molecule has 0 atom stereocenters. The third kappa shape index (κ3) is 4.97. The van der Waals surface area contributed by atoms with Crippen LogP contribution in [0.25, 0.3) is 11.2 Å². The van der Waals surface area contributed by atoms with E-state index in [1.807, 2.05) is 11.0 Å². The number of nitrogens with zero attached hydrogens (tertiary/aromatic N) is 5. The van der Waals surface area contributed by atoms with Crippen molar-refractivity contribution in [3.05, 3.63) is 29.5 Å². The Morgan fingerprint density at radius 2 is 2.12 bits per heavy atom. The Bertz CT molecular complexity index is 1140. The number of aromatic nitrogens is 4. The molecular formula is C21H24ClN7O2S. The number of likely N-dealkylation sites (tertiary alicyclic amines) is 1. The van der Waals surface area contributed by atoms with E-state index >= 15 is 0 Å². The number of imidazole rings is 1. The highest BCUT2D eigenvalue weighted by Gasteiger charge is 2.21. The Labute approximate surface area is 194 Å². The number of rotatable bonds is 7. The molecule has 0 unspecified atom stereocenters. The van der Waals surface area contributed by atoms with E-state index in [2.05, 4.69) is 19.9 Å². The number of fused-ring (bicyclic) bond motifs is 1. The van der Waals surface area contributed by atoms with E-state index in [1.165, 1.54) is 25.0 Å². The van der Waals surface area contributed by atoms with Crippen LogP contribution >= 0.6 is 23.4 Å². The predicted octanol–water partition coefficient (Wildman–Crippen LogP) is 3.43. The van der Waals surface area contributed by atoms with E-state index in [0.29, 0.717) is 33.6 Å². The smallest absolute Gasteiger partial charge is 0.221 e. The van der Waals surface area contributed by atoms with Gasteiger partial charge in [0.25, 0.3) is 0 Å². The van der Waals surface area contributed by atoms with Crippen LogP contribution in [-0.4, -0.2) is 49.8 Å². The number of amides is 2. The van der Waals surface area contributed by atoms with Crippen LogP contribution in [0.3, 0.4) is 0 Å². The van der Waals surface area contributed by atoms with Crippen LogP contribution in [-0.2, 0) is 16.1 Å². The molecule has 1 fully saturated rings. The van der Waals surface area contributed by atoms with Crippen LogP contribution < -0.4 is 11.1 Å². The minimum Gasteiger partial charge on any atom is -0.382 e. The SMILES string of the molecule is CC(=O)Nc1ccc(Sc2nc3c(N)ncnc3n2CCC2CCN(C=O)CC2)c(Cl)c1. The van der Waals surface area contributed by atoms with Gasteiger partial charge in [-0.05, 0) is 43.4 Å². The first kappa shape index (κ1) is 22.3. The minimum absolute atomic E-state index is 0.156. The largest absolute Gasteiger partial charge is 0.382 e. The molecule has 2 aromatic heterocycles. The molecule has 1 aromatic carbocycles. The third-order valence-corrected chi connectivity index (χ3v) is 7.03. The fourth-order valence-corrected chi connectivity index (χ4v) is 5.05. The quantitative estimate of drug-likeness (QED) is 0.504. The van der Waals surface area contributed by atoms with E-state index in [-0.39, 0.29) is 5.91 Å². The fraction of sp³-hybridized carbons (Fsp3) is 0.381. The molecule has 1 aliphatic heterocycles. The van der Waals surface area contributed by atoms with E-state index in [9.17, 15) is 9.59 Å². The fourth-order valence-electron chi connectivity index (χ4n) is 3.84. The predicted molar refractivity (Wildman–Crippen MR) is 125 cm³/mol. The molecule has 9 nitrogen and oxygen atoms in total. The van der Waals surface area contributed by atoms with Crippen LogP contribution in [0.4, 0.5) is 11.5 Å². The van der Waals surface area contributed by atoms with Crippen molar-refractivity contribution in [2.24, 2.45) is 5.92 Å². The Kier molecular flexibility index (Phi) is 6.80. The summed E-state index contributed by atoms with van der Waals surface area (Å²) in [6, 6.07) is 5.37. The third-order valence-electron chi connectivity index (χ3n) is 5.54. The molecule has 0 aliphatic carbocycles. The van der Waals surface area contributed by atoms with Crippen molar-refractivity contribution in [1.82, 2.24) is 24.4 Å². The number of nitrogens with two attached hydrogens (primary N) is 1. The molecule has 0 spiro atoms. The molecule has 3 heterocycles. The lowest BCUT2D eigenvalue weighted by molar-refractivity contribution is -0.119.